The van der Waals surface area contributed by atoms with Crippen molar-refractivity contribution in [3.8, 4) is 0 Å². The van der Waals surface area contributed by atoms with Crippen LogP contribution in [0.2, 0.25) is 0 Å². The Morgan fingerprint density at radius 3 is 2.71 bits per heavy atom. The van der Waals surface area contributed by atoms with Gasteiger partial charge in [-0.1, -0.05) is 6.92 Å². The summed E-state index contributed by atoms with van der Waals surface area (Å²) in [5, 5.41) is 7.71. The summed E-state index contributed by atoms with van der Waals surface area (Å²) >= 11 is 0. The average Bonchev–Trinajstić information content (AvgIpc) is 2.79. The zero-order chi connectivity index (χ0) is 11.9. The van der Waals surface area contributed by atoms with Gasteiger partial charge in [-0.05, 0) is 30.2 Å². The Bertz CT molecular complexity index is 436. The number of nitrogens with one attached hydrogen (secondary N) is 1. The zero-order valence-corrected chi connectivity index (χ0v) is 10.1. The molecule has 0 aliphatic rings. The van der Waals surface area contributed by atoms with Crippen molar-refractivity contribution >= 4 is 0 Å². The van der Waals surface area contributed by atoms with Gasteiger partial charge in [-0.25, -0.2) is 0 Å². The van der Waals surface area contributed by atoms with Crippen molar-refractivity contribution in [1.82, 2.24) is 20.1 Å². The summed E-state index contributed by atoms with van der Waals surface area (Å²) in [6, 6.07) is 6.11. The van der Waals surface area contributed by atoms with Gasteiger partial charge in [0.1, 0.15) is 0 Å². The number of hydrogen-bond acceptors (Lipinski definition) is 3. The number of aromatic nitrogens is 3. The van der Waals surface area contributed by atoms with Gasteiger partial charge in [0.25, 0.3) is 0 Å². The molecule has 90 valence electrons. The summed E-state index contributed by atoms with van der Waals surface area (Å²) in [7, 11) is 0. The van der Waals surface area contributed by atoms with Crippen LogP contribution in [0.25, 0.3) is 0 Å². The van der Waals surface area contributed by atoms with Crippen LogP contribution in [0.3, 0.4) is 0 Å². The third kappa shape index (κ3) is 3.39. The lowest BCUT2D eigenvalue weighted by molar-refractivity contribution is 0.549. The van der Waals surface area contributed by atoms with E-state index >= 15 is 0 Å². The largest absolute Gasteiger partial charge is 0.307 e. The maximum absolute atomic E-state index is 4.30. The van der Waals surface area contributed by atoms with Crippen molar-refractivity contribution in [2.75, 3.05) is 0 Å². The van der Waals surface area contributed by atoms with Gasteiger partial charge in [0.15, 0.2) is 0 Å². The molecule has 0 amide bonds. The van der Waals surface area contributed by atoms with Gasteiger partial charge in [0.05, 0.1) is 5.69 Å². The first kappa shape index (κ1) is 11.8. The summed E-state index contributed by atoms with van der Waals surface area (Å²) in [5.74, 6) is 0. The molecule has 4 nitrogen and oxygen atoms in total. The molecule has 0 bridgehead atoms. The summed E-state index contributed by atoms with van der Waals surface area (Å²) in [6.07, 6.45) is 6.61. The molecule has 4 heteroatoms. The summed E-state index contributed by atoms with van der Waals surface area (Å²) < 4.78 is 2.06. The van der Waals surface area contributed by atoms with Crippen molar-refractivity contribution in [3.05, 3.63) is 48.0 Å². The molecule has 1 N–H and O–H groups in total. The quantitative estimate of drug-likeness (QED) is 0.825. The van der Waals surface area contributed by atoms with Crippen LogP contribution < -0.4 is 5.32 Å². The van der Waals surface area contributed by atoms with Crippen molar-refractivity contribution in [3.63, 3.8) is 0 Å². The molecule has 0 unspecified atom stereocenters. The number of pyridine rings is 1. The van der Waals surface area contributed by atoms with Crippen LogP contribution in [0.4, 0.5) is 0 Å². The lowest BCUT2D eigenvalue weighted by Gasteiger charge is -2.07. The van der Waals surface area contributed by atoms with Gasteiger partial charge >= 0.3 is 0 Å². The van der Waals surface area contributed by atoms with Crippen LogP contribution in [-0.2, 0) is 19.6 Å². The molecule has 2 rings (SSSR count). The molecule has 17 heavy (non-hydrogen) atoms. The van der Waals surface area contributed by atoms with Gasteiger partial charge in [-0.2, -0.15) is 5.10 Å². The minimum atomic E-state index is 0.850. The smallest absolute Gasteiger partial charge is 0.0522 e. The van der Waals surface area contributed by atoms with E-state index in [0.29, 0.717) is 0 Å². The fourth-order valence-electron chi connectivity index (χ4n) is 1.76. The highest BCUT2D eigenvalue weighted by atomic mass is 15.3. The van der Waals surface area contributed by atoms with Crippen LogP contribution in [0, 0.1) is 0 Å². The second kappa shape index (κ2) is 6.15. The van der Waals surface area contributed by atoms with Crippen LogP contribution in [0.15, 0.2) is 36.8 Å². The molecule has 0 aliphatic heterocycles. The topological polar surface area (TPSA) is 42.7 Å². The van der Waals surface area contributed by atoms with Crippen molar-refractivity contribution in [2.24, 2.45) is 0 Å². The zero-order valence-electron chi connectivity index (χ0n) is 10.1. The van der Waals surface area contributed by atoms with E-state index in [4.69, 9.17) is 0 Å². The van der Waals surface area contributed by atoms with Crippen LogP contribution >= 0.6 is 0 Å². The molecule has 2 heterocycles. The molecule has 0 saturated heterocycles. The van der Waals surface area contributed by atoms with Crippen molar-refractivity contribution in [2.45, 2.75) is 33.0 Å². The summed E-state index contributed by atoms with van der Waals surface area (Å²) in [6.45, 7) is 4.86. The van der Waals surface area contributed by atoms with E-state index < -0.39 is 0 Å². The van der Waals surface area contributed by atoms with Crippen LogP contribution in [0.5, 0.6) is 0 Å². The van der Waals surface area contributed by atoms with E-state index in [9.17, 15) is 0 Å². The predicted molar refractivity (Wildman–Crippen MR) is 67.3 cm³/mol. The van der Waals surface area contributed by atoms with Crippen LogP contribution in [0.1, 0.15) is 24.6 Å². The maximum Gasteiger partial charge on any atom is 0.0522 e. The molecule has 2 aromatic rings. The highest BCUT2D eigenvalue weighted by Gasteiger charge is 2.00. The molecular weight excluding hydrogens is 212 g/mol. The molecular formula is C13H18N4. The average molecular weight is 230 g/mol. The minimum Gasteiger partial charge on any atom is -0.307 e. The highest BCUT2D eigenvalue weighted by molar-refractivity contribution is 5.09. The normalized spacial score (nSPS) is 10.6. The first-order valence-electron chi connectivity index (χ1n) is 6.00. The molecule has 0 fully saturated rings. The second-order valence-corrected chi connectivity index (χ2v) is 4.00. The number of hydrogen-bond donors (Lipinski definition) is 1. The SMILES string of the molecule is CCCn1nccc1CNCc1ccncc1. The second-order valence-electron chi connectivity index (χ2n) is 4.00. The Morgan fingerprint density at radius 1 is 1.12 bits per heavy atom. The number of rotatable bonds is 6. The third-order valence-electron chi connectivity index (χ3n) is 2.62. The summed E-state index contributed by atoms with van der Waals surface area (Å²) in [5.41, 5.74) is 2.49. The molecule has 0 aromatic carbocycles. The monoisotopic (exact) mass is 230 g/mol. The lowest BCUT2D eigenvalue weighted by Crippen LogP contribution is -2.16. The third-order valence-corrected chi connectivity index (χ3v) is 2.62. The van der Waals surface area contributed by atoms with Crippen LogP contribution in [-0.4, -0.2) is 14.8 Å². The molecule has 0 spiro atoms. The van der Waals surface area contributed by atoms with E-state index in [1.807, 2.05) is 30.7 Å². The van der Waals surface area contributed by atoms with Gasteiger partial charge in [-0.3, -0.25) is 9.67 Å². The first-order valence-corrected chi connectivity index (χ1v) is 6.00. The minimum absolute atomic E-state index is 0.850. The fourth-order valence-corrected chi connectivity index (χ4v) is 1.76. The van der Waals surface area contributed by atoms with E-state index in [1.165, 1.54) is 11.3 Å². The number of nitrogens with zero attached hydrogens (tertiary/aromatic N) is 3. The molecule has 0 radical (unpaired) electrons. The van der Waals surface area contributed by atoms with Gasteiger partial charge < -0.3 is 5.32 Å². The Hall–Kier alpha value is -1.68. The van der Waals surface area contributed by atoms with Gasteiger partial charge in [0, 0.05) is 38.2 Å². The Balaban J connectivity index is 1.84. The van der Waals surface area contributed by atoms with Crippen molar-refractivity contribution < 1.29 is 0 Å². The first-order chi connectivity index (χ1) is 8.40. The Kier molecular flexibility index (Phi) is 4.27. The van der Waals surface area contributed by atoms with E-state index in [2.05, 4.69) is 33.1 Å². The molecule has 0 atom stereocenters. The van der Waals surface area contributed by atoms with Gasteiger partial charge in [0.2, 0.25) is 0 Å². The van der Waals surface area contributed by atoms with E-state index in [-0.39, 0.29) is 0 Å². The lowest BCUT2D eigenvalue weighted by atomic mass is 10.2. The maximum atomic E-state index is 4.30. The Labute approximate surface area is 102 Å². The molecule has 0 aliphatic carbocycles. The van der Waals surface area contributed by atoms with E-state index in [0.717, 1.165) is 26.1 Å². The Morgan fingerprint density at radius 2 is 1.94 bits per heavy atom. The molecule has 0 saturated carbocycles. The highest BCUT2D eigenvalue weighted by Crippen LogP contribution is 2.01. The van der Waals surface area contributed by atoms with Crippen molar-refractivity contribution in [1.29, 1.82) is 0 Å². The number of aryl methyl sites for hydroxylation is 1. The van der Waals surface area contributed by atoms with Gasteiger partial charge in [-0.15, -0.1) is 0 Å². The molecule has 2 aromatic heterocycles. The fraction of sp³-hybridized carbons (Fsp3) is 0.385. The standard InChI is InChI=1S/C13H18N4/c1-2-9-17-13(5-8-16-17)11-15-10-12-3-6-14-7-4-12/h3-8,15H,2,9-11H2,1H3. The predicted octanol–water partition coefficient (Wildman–Crippen LogP) is 1.98. The summed E-state index contributed by atoms with van der Waals surface area (Å²) in [4.78, 5) is 4.00. The van der Waals surface area contributed by atoms with E-state index in [1.54, 1.807) is 0 Å².